The minimum absolute atomic E-state index is 0.105. The van der Waals surface area contributed by atoms with Gasteiger partial charge in [0.15, 0.2) is 5.79 Å². The lowest BCUT2D eigenvalue weighted by molar-refractivity contribution is -0.257. The summed E-state index contributed by atoms with van der Waals surface area (Å²) in [4.78, 5) is 58.8. The number of likely N-dealkylation sites (tertiary alicyclic amines) is 2. The number of hydrogen-bond acceptors (Lipinski definition) is 9. The molecule has 14 heteroatoms. The Hall–Kier alpha value is -5.99. The van der Waals surface area contributed by atoms with E-state index in [1.807, 2.05) is 49.1 Å². The molecule has 58 heavy (non-hydrogen) atoms. The maximum atomic E-state index is 13.6. The van der Waals surface area contributed by atoms with Crippen molar-refractivity contribution in [2.24, 2.45) is 5.92 Å². The molecule has 302 valence electrons. The summed E-state index contributed by atoms with van der Waals surface area (Å²) in [5.74, 6) is 0.233. The largest absolute Gasteiger partial charge is 0.453 e. The van der Waals surface area contributed by atoms with Crippen molar-refractivity contribution in [1.29, 1.82) is 0 Å². The third kappa shape index (κ3) is 8.20. The summed E-state index contributed by atoms with van der Waals surface area (Å²) in [5.41, 5.74) is 6.64. The summed E-state index contributed by atoms with van der Waals surface area (Å²) < 4.78 is 22.7. The highest BCUT2D eigenvalue weighted by atomic mass is 16.7. The molecule has 0 saturated carbocycles. The van der Waals surface area contributed by atoms with E-state index >= 15 is 0 Å². The fourth-order valence-electron chi connectivity index (χ4n) is 8.09. The number of rotatable bonds is 10. The molecule has 14 nitrogen and oxygen atoms in total. The molecule has 0 radical (unpaired) electrons. The molecule has 1 spiro atoms. The van der Waals surface area contributed by atoms with Crippen molar-refractivity contribution < 1.29 is 33.3 Å². The molecular formula is C44H49N7O7. The van der Waals surface area contributed by atoms with Crippen LogP contribution in [0.3, 0.4) is 0 Å². The molecule has 0 aliphatic carbocycles. The van der Waals surface area contributed by atoms with Crippen LogP contribution in [0.5, 0.6) is 0 Å². The number of aromatic amines is 2. The van der Waals surface area contributed by atoms with Crippen LogP contribution in [0, 0.1) is 5.92 Å². The van der Waals surface area contributed by atoms with Gasteiger partial charge in [-0.3, -0.25) is 9.69 Å². The van der Waals surface area contributed by atoms with Crippen LogP contribution >= 0.6 is 0 Å². The summed E-state index contributed by atoms with van der Waals surface area (Å²) in [7, 11) is 1.29. The van der Waals surface area contributed by atoms with Crippen LogP contribution in [0.4, 0.5) is 9.59 Å². The van der Waals surface area contributed by atoms with Gasteiger partial charge in [-0.2, -0.15) is 0 Å². The second kappa shape index (κ2) is 16.9. The van der Waals surface area contributed by atoms with Crippen LogP contribution in [0.2, 0.25) is 0 Å². The number of carbonyl (C=O) groups excluding carboxylic acids is 3. The quantitative estimate of drug-likeness (QED) is 0.131. The summed E-state index contributed by atoms with van der Waals surface area (Å²) in [6, 6.07) is 24.8. The number of benzene rings is 3. The number of carbonyl (C=O) groups is 3. The number of amides is 3. The number of imidazole rings is 2. The Morgan fingerprint density at radius 1 is 0.810 bits per heavy atom. The fraction of sp³-hybridized carbons (Fsp3) is 0.386. The van der Waals surface area contributed by atoms with Gasteiger partial charge in [0.05, 0.1) is 62.7 Å². The van der Waals surface area contributed by atoms with E-state index in [9.17, 15) is 14.4 Å². The molecular weight excluding hydrogens is 739 g/mol. The van der Waals surface area contributed by atoms with E-state index in [1.54, 1.807) is 17.3 Å². The predicted molar refractivity (Wildman–Crippen MR) is 215 cm³/mol. The lowest BCUT2D eigenvalue weighted by Crippen LogP contribution is -2.51. The van der Waals surface area contributed by atoms with Crippen LogP contribution in [-0.4, -0.2) is 93.1 Å². The number of aromatic nitrogens is 4. The Balaban J connectivity index is 0.929. The van der Waals surface area contributed by atoms with Gasteiger partial charge in [0.2, 0.25) is 5.91 Å². The molecule has 5 aromatic rings. The first-order chi connectivity index (χ1) is 28.2. The van der Waals surface area contributed by atoms with E-state index in [0.29, 0.717) is 32.0 Å². The van der Waals surface area contributed by atoms with E-state index in [1.165, 1.54) is 7.11 Å². The zero-order valence-electron chi connectivity index (χ0n) is 33.0. The first-order valence-corrected chi connectivity index (χ1v) is 19.9. The minimum atomic E-state index is -0.890. The Bertz CT molecular complexity index is 2200. The van der Waals surface area contributed by atoms with Crippen LogP contribution in [0.1, 0.15) is 68.8 Å². The average Bonchev–Trinajstić information content (AvgIpc) is 4.09. The zero-order chi connectivity index (χ0) is 40.2. The summed E-state index contributed by atoms with van der Waals surface area (Å²) in [6.45, 7) is 5.97. The maximum Gasteiger partial charge on any atom is 0.410 e. The van der Waals surface area contributed by atoms with Crippen molar-refractivity contribution >= 4 is 18.1 Å². The van der Waals surface area contributed by atoms with Gasteiger partial charge in [0.1, 0.15) is 24.3 Å². The van der Waals surface area contributed by atoms with Gasteiger partial charge in [-0.05, 0) is 53.0 Å². The van der Waals surface area contributed by atoms with Crippen molar-refractivity contribution in [3.8, 4) is 33.6 Å². The lowest BCUT2D eigenvalue weighted by atomic mass is 10.0. The normalized spacial score (nSPS) is 19.4. The van der Waals surface area contributed by atoms with Gasteiger partial charge >= 0.3 is 12.2 Å². The Morgan fingerprint density at radius 2 is 1.40 bits per heavy atom. The monoisotopic (exact) mass is 787 g/mol. The third-order valence-electron chi connectivity index (χ3n) is 11.2. The number of nitrogens with one attached hydrogen (secondary N) is 3. The summed E-state index contributed by atoms with van der Waals surface area (Å²) >= 11 is 0. The van der Waals surface area contributed by atoms with Gasteiger partial charge in [0, 0.05) is 13.0 Å². The van der Waals surface area contributed by atoms with Gasteiger partial charge < -0.3 is 39.1 Å². The van der Waals surface area contributed by atoms with Gasteiger partial charge in [-0.1, -0.05) is 92.7 Å². The number of alkyl carbamates (subject to hydrolysis) is 1. The molecule has 3 amide bonds. The van der Waals surface area contributed by atoms with Crippen LogP contribution in [0.25, 0.3) is 33.6 Å². The first kappa shape index (κ1) is 38.9. The highest BCUT2D eigenvalue weighted by molar-refractivity contribution is 5.86. The molecule has 3 aliphatic rings. The van der Waals surface area contributed by atoms with E-state index < -0.39 is 30.1 Å². The molecule has 3 atom stereocenters. The molecule has 5 heterocycles. The number of ether oxygens (including phenoxy) is 4. The predicted octanol–water partition coefficient (Wildman–Crippen LogP) is 7.39. The van der Waals surface area contributed by atoms with E-state index in [4.69, 9.17) is 23.9 Å². The molecule has 3 aromatic carbocycles. The van der Waals surface area contributed by atoms with Crippen molar-refractivity contribution in [3.63, 3.8) is 0 Å². The Morgan fingerprint density at radius 3 is 1.98 bits per heavy atom. The second-order valence-electron chi connectivity index (χ2n) is 15.4. The van der Waals surface area contributed by atoms with Gasteiger partial charge in [-0.15, -0.1) is 0 Å². The van der Waals surface area contributed by atoms with Crippen molar-refractivity contribution in [3.05, 3.63) is 108 Å². The number of nitrogens with zero attached hydrogens (tertiary/aromatic N) is 4. The lowest BCUT2D eigenvalue weighted by Gasteiger charge is -2.33. The molecule has 2 aromatic heterocycles. The standard InChI is InChI=1S/C44H49N7O7/c1-28(2)38(49-42(53)55-3)41(52)50-20-7-11-36(50)39-45-24-34(47-39)32-16-12-30(13-17-32)31-14-18-33(19-15-31)35-25-46-40(48-35)37-23-44(57-21-8-22-58-44)27-51(37)43(54)56-26-29-9-5-4-6-10-29/h4-6,9-10,12-19,24-25,28,36-38H,7-8,11,20-23,26-27H2,1-3H3,(H,45,47)(H,46,48)(H,49,53)/t36?,37?,38-/m0/s1. The van der Waals surface area contributed by atoms with Gasteiger partial charge in [-0.25, -0.2) is 19.6 Å². The average molecular weight is 788 g/mol. The molecule has 3 aliphatic heterocycles. The topological polar surface area (TPSA) is 164 Å². The SMILES string of the molecule is COC(=O)N[C@H](C(=O)N1CCCC1c1ncc(-c2ccc(-c3ccc(-c4cnc(C5CC6(CN5C(=O)OCc5ccccc5)OCCCO6)[nH]4)cc3)cc2)[nH]1)C(C)C. The third-order valence-corrected chi connectivity index (χ3v) is 11.2. The summed E-state index contributed by atoms with van der Waals surface area (Å²) in [6.07, 6.45) is 5.42. The maximum absolute atomic E-state index is 13.6. The van der Waals surface area contributed by atoms with Crippen molar-refractivity contribution in [1.82, 2.24) is 35.1 Å². The van der Waals surface area contributed by atoms with E-state index in [2.05, 4.69) is 68.8 Å². The molecule has 3 N–H and O–H groups in total. The Labute approximate surface area is 337 Å². The highest BCUT2D eigenvalue weighted by Gasteiger charge is 2.51. The van der Waals surface area contributed by atoms with E-state index in [0.717, 1.165) is 64.3 Å². The van der Waals surface area contributed by atoms with Crippen LogP contribution in [0.15, 0.2) is 91.3 Å². The summed E-state index contributed by atoms with van der Waals surface area (Å²) in [5, 5.41) is 2.70. The number of H-pyrrole nitrogens is 2. The number of methoxy groups -OCH3 is 1. The molecule has 0 bridgehead atoms. The zero-order valence-corrected chi connectivity index (χ0v) is 33.0. The van der Waals surface area contributed by atoms with Crippen LogP contribution in [-0.2, 0) is 30.3 Å². The van der Waals surface area contributed by atoms with Gasteiger partial charge in [0.25, 0.3) is 0 Å². The highest BCUT2D eigenvalue weighted by Crippen LogP contribution is 2.42. The molecule has 8 rings (SSSR count). The van der Waals surface area contributed by atoms with Crippen LogP contribution < -0.4 is 5.32 Å². The fourth-order valence-corrected chi connectivity index (χ4v) is 8.09. The van der Waals surface area contributed by atoms with Crippen molar-refractivity contribution in [2.45, 2.75) is 70.1 Å². The Kier molecular flexibility index (Phi) is 11.3. The van der Waals surface area contributed by atoms with Crippen molar-refractivity contribution in [2.75, 3.05) is 33.4 Å². The van der Waals surface area contributed by atoms with E-state index in [-0.39, 0.29) is 31.0 Å². The smallest absolute Gasteiger partial charge is 0.410 e. The molecule has 3 saturated heterocycles. The minimum Gasteiger partial charge on any atom is -0.453 e. The second-order valence-corrected chi connectivity index (χ2v) is 15.4. The number of hydrogen-bond donors (Lipinski definition) is 3. The molecule has 3 fully saturated rings. The first-order valence-electron chi connectivity index (χ1n) is 19.9. The molecule has 2 unspecified atom stereocenters.